The second kappa shape index (κ2) is 7.23. The average Bonchev–Trinajstić information content (AvgIpc) is 3.16. The number of carbonyl (C=O) groups excluding carboxylic acids is 1. The Hall–Kier alpha value is -3.36. The summed E-state index contributed by atoms with van der Waals surface area (Å²) in [7, 11) is 3.20. The highest BCUT2D eigenvalue weighted by Gasteiger charge is 2.33. The molecule has 9 nitrogen and oxygen atoms in total. The van der Waals surface area contributed by atoms with E-state index in [-0.39, 0.29) is 0 Å². The van der Waals surface area contributed by atoms with Crippen LogP contribution >= 0.6 is 0 Å². The summed E-state index contributed by atoms with van der Waals surface area (Å²) in [5.74, 6) is 2.05. The largest absolute Gasteiger partial charge is 0.493 e. The van der Waals surface area contributed by atoms with Crippen LogP contribution in [0.5, 0.6) is 11.5 Å². The van der Waals surface area contributed by atoms with Crippen molar-refractivity contribution >= 4 is 23.2 Å². The maximum absolute atomic E-state index is 10.9. The lowest BCUT2D eigenvalue weighted by Crippen LogP contribution is -2.33. The third-order valence-corrected chi connectivity index (χ3v) is 5.27. The monoisotopic (exact) mass is 397 g/mol. The Morgan fingerprint density at radius 2 is 1.93 bits per heavy atom. The van der Waals surface area contributed by atoms with E-state index in [1.807, 2.05) is 26.0 Å². The van der Waals surface area contributed by atoms with Crippen molar-refractivity contribution in [2.45, 2.75) is 32.4 Å². The Balaban J connectivity index is 1.76. The molecule has 0 saturated heterocycles. The van der Waals surface area contributed by atoms with Crippen LogP contribution < -0.4 is 14.4 Å². The second-order valence-corrected chi connectivity index (χ2v) is 7.35. The van der Waals surface area contributed by atoms with E-state index in [2.05, 4.69) is 25.1 Å². The summed E-state index contributed by atoms with van der Waals surface area (Å²) >= 11 is 0. The summed E-state index contributed by atoms with van der Waals surface area (Å²) in [6, 6.07) is 3.74. The topological polar surface area (TPSA) is 102 Å². The fraction of sp³-hybridized carbons (Fsp3) is 0.400. The summed E-state index contributed by atoms with van der Waals surface area (Å²) < 4.78 is 16.1. The number of methoxy groups -OCH3 is 2. The highest BCUT2D eigenvalue weighted by molar-refractivity contribution is 5.92. The Kier molecular flexibility index (Phi) is 4.73. The summed E-state index contributed by atoms with van der Waals surface area (Å²) in [6.45, 7) is 5.47. The molecular weight excluding hydrogens is 374 g/mol. The Morgan fingerprint density at radius 1 is 1.17 bits per heavy atom. The van der Waals surface area contributed by atoms with Gasteiger partial charge in [-0.1, -0.05) is 0 Å². The summed E-state index contributed by atoms with van der Waals surface area (Å²) in [5.41, 5.74) is 2.75. The van der Waals surface area contributed by atoms with Gasteiger partial charge >= 0.3 is 0 Å². The molecule has 0 atom stereocenters. The van der Waals surface area contributed by atoms with Gasteiger partial charge < -0.3 is 19.1 Å². The van der Waals surface area contributed by atoms with Crippen LogP contribution in [0.15, 0.2) is 18.5 Å². The van der Waals surface area contributed by atoms with Crippen molar-refractivity contribution in [3.63, 3.8) is 0 Å². The van der Waals surface area contributed by atoms with Crippen LogP contribution in [0, 0.1) is 0 Å². The Bertz CT molecular complexity index is 1060. The molecule has 0 unspecified atom stereocenters. The number of nitrogens with one attached hydrogen (secondary N) is 1. The van der Waals surface area contributed by atoms with E-state index in [0.717, 1.165) is 46.6 Å². The highest BCUT2D eigenvalue weighted by atomic mass is 16.5. The van der Waals surface area contributed by atoms with Gasteiger partial charge in [0.15, 0.2) is 17.1 Å². The molecule has 29 heavy (non-hydrogen) atoms. The number of rotatable bonds is 6. The van der Waals surface area contributed by atoms with Crippen molar-refractivity contribution in [3.05, 3.63) is 35.4 Å². The van der Waals surface area contributed by atoms with Crippen LogP contribution in [-0.2, 0) is 28.1 Å². The van der Waals surface area contributed by atoms with Crippen molar-refractivity contribution in [2.24, 2.45) is 0 Å². The molecule has 3 aromatic rings. The SMILES string of the molecule is COc1cc2ncnc(N3CCc4[nH]nc(C(C)(C)OC=O)c4C3)c2cc1OC. The molecule has 0 fully saturated rings. The number of aromatic nitrogens is 4. The third kappa shape index (κ3) is 3.22. The molecule has 4 rings (SSSR count). The first-order valence-electron chi connectivity index (χ1n) is 9.28. The average molecular weight is 397 g/mol. The van der Waals surface area contributed by atoms with E-state index in [9.17, 15) is 4.79 Å². The zero-order valence-electron chi connectivity index (χ0n) is 16.9. The Morgan fingerprint density at radius 3 is 2.66 bits per heavy atom. The number of anilines is 1. The lowest BCUT2D eigenvalue weighted by molar-refractivity contribution is -0.141. The normalized spacial score (nSPS) is 13.9. The third-order valence-electron chi connectivity index (χ3n) is 5.27. The van der Waals surface area contributed by atoms with Gasteiger partial charge in [-0.05, 0) is 19.9 Å². The van der Waals surface area contributed by atoms with Crippen LogP contribution in [0.2, 0.25) is 0 Å². The number of hydrogen-bond acceptors (Lipinski definition) is 8. The fourth-order valence-electron chi connectivity index (χ4n) is 3.77. The van der Waals surface area contributed by atoms with E-state index in [0.29, 0.717) is 24.5 Å². The van der Waals surface area contributed by atoms with E-state index < -0.39 is 5.60 Å². The molecule has 1 N–H and O–H groups in total. The first-order valence-corrected chi connectivity index (χ1v) is 9.28. The number of hydrogen-bond donors (Lipinski definition) is 1. The van der Waals surface area contributed by atoms with Crippen molar-refractivity contribution < 1.29 is 19.0 Å². The Labute approximate surface area is 168 Å². The van der Waals surface area contributed by atoms with Crippen LogP contribution in [-0.4, -0.2) is 47.4 Å². The molecule has 1 aromatic carbocycles. The van der Waals surface area contributed by atoms with Crippen molar-refractivity contribution in [1.82, 2.24) is 20.2 Å². The van der Waals surface area contributed by atoms with Gasteiger partial charge in [0, 0.05) is 42.2 Å². The molecule has 1 aliphatic rings. The number of fused-ring (bicyclic) bond motifs is 2. The van der Waals surface area contributed by atoms with Crippen LogP contribution in [0.1, 0.15) is 30.8 Å². The smallest absolute Gasteiger partial charge is 0.294 e. The van der Waals surface area contributed by atoms with Gasteiger partial charge in [-0.2, -0.15) is 5.10 Å². The van der Waals surface area contributed by atoms with Crippen LogP contribution in [0.3, 0.4) is 0 Å². The summed E-state index contributed by atoms with van der Waals surface area (Å²) in [6.07, 6.45) is 2.33. The molecule has 0 spiro atoms. The van der Waals surface area contributed by atoms with Crippen LogP contribution in [0.25, 0.3) is 10.9 Å². The molecule has 0 bridgehead atoms. The van der Waals surface area contributed by atoms with E-state index >= 15 is 0 Å². The van der Waals surface area contributed by atoms with Gasteiger partial charge in [0.25, 0.3) is 6.47 Å². The molecule has 0 aliphatic carbocycles. The van der Waals surface area contributed by atoms with Crippen molar-refractivity contribution in [1.29, 1.82) is 0 Å². The van der Waals surface area contributed by atoms with Gasteiger partial charge in [0.05, 0.1) is 19.7 Å². The molecule has 9 heteroatoms. The quantitative estimate of drug-likeness (QED) is 0.633. The second-order valence-electron chi connectivity index (χ2n) is 7.35. The van der Waals surface area contributed by atoms with Crippen LogP contribution in [0.4, 0.5) is 5.82 Å². The molecule has 2 aromatic heterocycles. The van der Waals surface area contributed by atoms with Crippen molar-refractivity contribution in [2.75, 3.05) is 25.7 Å². The molecule has 3 heterocycles. The number of nitrogens with zero attached hydrogens (tertiary/aromatic N) is 4. The van der Waals surface area contributed by atoms with Gasteiger partial charge in [0.2, 0.25) is 0 Å². The number of ether oxygens (including phenoxy) is 3. The van der Waals surface area contributed by atoms with Gasteiger partial charge in [-0.15, -0.1) is 0 Å². The standard InChI is InChI=1S/C20H23N5O4/c1-20(2,29-11-26)18-13-9-25(6-5-14(13)23-24-18)19-12-7-16(27-3)17(28-4)8-15(12)21-10-22-19/h7-8,10-11H,5-6,9H2,1-4H3,(H,23,24). The van der Waals surface area contributed by atoms with Gasteiger partial charge in [0.1, 0.15) is 17.8 Å². The lowest BCUT2D eigenvalue weighted by atomic mass is 9.96. The van der Waals surface area contributed by atoms with Gasteiger partial charge in [-0.3, -0.25) is 9.89 Å². The lowest BCUT2D eigenvalue weighted by Gasteiger charge is -2.31. The molecule has 1 aliphatic heterocycles. The zero-order chi connectivity index (χ0) is 20.6. The number of carbonyl (C=O) groups is 1. The summed E-state index contributed by atoms with van der Waals surface area (Å²) in [5, 5.41) is 8.39. The first kappa shape index (κ1) is 19.0. The molecule has 0 amide bonds. The highest BCUT2D eigenvalue weighted by Crippen LogP contribution is 2.37. The van der Waals surface area contributed by atoms with Crippen molar-refractivity contribution in [3.8, 4) is 11.5 Å². The number of H-pyrrole nitrogens is 1. The minimum Gasteiger partial charge on any atom is -0.493 e. The first-order chi connectivity index (χ1) is 14.0. The molecule has 0 saturated carbocycles. The zero-order valence-corrected chi connectivity index (χ0v) is 16.9. The molecule has 152 valence electrons. The fourth-order valence-corrected chi connectivity index (χ4v) is 3.77. The number of aromatic amines is 1. The predicted molar refractivity (Wildman–Crippen MR) is 106 cm³/mol. The van der Waals surface area contributed by atoms with E-state index in [1.54, 1.807) is 20.5 Å². The number of benzene rings is 1. The molecule has 0 radical (unpaired) electrons. The van der Waals surface area contributed by atoms with E-state index in [1.165, 1.54) is 0 Å². The van der Waals surface area contributed by atoms with Gasteiger partial charge in [-0.25, -0.2) is 9.97 Å². The minimum absolute atomic E-state index is 0.458. The summed E-state index contributed by atoms with van der Waals surface area (Å²) in [4.78, 5) is 22.0. The maximum Gasteiger partial charge on any atom is 0.294 e. The van der Waals surface area contributed by atoms with E-state index in [4.69, 9.17) is 14.2 Å². The minimum atomic E-state index is -0.820. The maximum atomic E-state index is 10.9. The predicted octanol–water partition coefficient (Wildman–Crippen LogP) is 2.34. The molecular formula is C20H23N5O4.